The lowest BCUT2D eigenvalue weighted by Gasteiger charge is -2.34. The van der Waals surface area contributed by atoms with Gasteiger partial charge in [-0.05, 0) is 56.9 Å². The van der Waals surface area contributed by atoms with Crippen LogP contribution in [0.5, 0.6) is 5.88 Å². The maximum Gasteiger partial charge on any atom is 0.275 e. The Balaban J connectivity index is 1.29. The van der Waals surface area contributed by atoms with Crippen LogP contribution in [0, 0.1) is 0 Å². The summed E-state index contributed by atoms with van der Waals surface area (Å²) < 4.78 is 18.9. The zero-order valence-corrected chi connectivity index (χ0v) is 24.3. The Bertz CT molecular complexity index is 1540. The molecule has 4 aromatic rings. The molecule has 3 atom stereocenters. The maximum absolute atomic E-state index is 13.5. The summed E-state index contributed by atoms with van der Waals surface area (Å²) in [6.07, 6.45) is 6.88. The van der Waals surface area contributed by atoms with Crippen LogP contribution in [0.3, 0.4) is 0 Å². The standard InChI is InChI=1S/C29H35N7O4S/c1-17-12-35(13-18(2)40-17)15-26-32-25(16-41-26)28(37)33-23-9-19(20-8-22(30)29(38-3)31-11-20)10-24-21(23)14-36(34-24)27-6-4-5-7-39-27/h8-11,14,16-18,27H,4-7,12-13,15,30H2,1-3H3,(H,33,37)/t17-,18+,27?. The van der Waals surface area contributed by atoms with Crippen molar-refractivity contribution in [3.8, 4) is 17.0 Å². The van der Waals surface area contributed by atoms with Crippen molar-refractivity contribution >= 4 is 39.5 Å². The van der Waals surface area contributed by atoms with Gasteiger partial charge in [0.2, 0.25) is 5.88 Å². The average Bonchev–Trinajstić information content (AvgIpc) is 3.60. The van der Waals surface area contributed by atoms with Gasteiger partial charge >= 0.3 is 0 Å². The quantitative estimate of drug-likeness (QED) is 0.321. The molecule has 11 nitrogen and oxygen atoms in total. The third kappa shape index (κ3) is 6.05. The second kappa shape index (κ2) is 11.7. The molecule has 3 aromatic heterocycles. The Labute approximate surface area is 242 Å². The van der Waals surface area contributed by atoms with Gasteiger partial charge in [0.05, 0.1) is 42.8 Å². The van der Waals surface area contributed by atoms with E-state index in [-0.39, 0.29) is 24.3 Å². The normalized spacial score (nSPS) is 21.7. The number of nitrogens with zero attached hydrogens (tertiary/aromatic N) is 5. The van der Waals surface area contributed by atoms with Gasteiger partial charge in [-0.25, -0.2) is 14.6 Å². The van der Waals surface area contributed by atoms with Crippen LogP contribution < -0.4 is 15.8 Å². The minimum Gasteiger partial charge on any atom is -0.480 e. The van der Waals surface area contributed by atoms with Crippen LogP contribution in [0.25, 0.3) is 22.0 Å². The molecule has 12 heteroatoms. The van der Waals surface area contributed by atoms with E-state index in [4.69, 9.17) is 25.0 Å². The SMILES string of the molecule is COc1ncc(-c2cc(NC(=O)c3csc(CN4C[C@@H](C)O[C@@H](C)C4)n3)c3cn(C4CCCCO4)nc3c2)cc1N. The zero-order chi connectivity index (χ0) is 28.5. The van der Waals surface area contributed by atoms with Crippen molar-refractivity contribution in [2.45, 2.75) is 58.1 Å². The molecule has 1 aromatic carbocycles. The van der Waals surface area contributed by atoms with Gasteiger partial charge in [-0.1, -0.05) is 0 Å². The number of hydrogen-bond acceptors (Lipinski definition) is 10. The molecule has 0 radical (unpaired) electrons. The Kier molecular flexibility index (Phi) is 7.89. The van der Waals surface area contributed by atoms with Crippen LogP contribution in [0.2, 0.25) is 0 Å². The third-order valence-corrected chi connectivity index (χ3v) is 8.22. The van der Waals surface area contributed by atoms with E-state index in [1.807, 2.05) is 28.4 Å². The Morgan fingerprint density at radius 1 is 1.20 bits per heavy atom. The first-order valence-corrected chi connectivity index (χ1v) is 14.8. The van der Waals surface area contributed by atoms with Crippen LogP contribution in [-0.4, -0.2) is 69.6 Å². The van der Waals surface area contributed by atoms with Crippen LogP contribution in [0.15, 0.2) is 36.0 Å². The highest BCUT2D eigenvalue weighted by Gasteiger charge is 2.24. The van der Waals surface area contributed by atoms with Crippen molar-refractivity contribution in [3.63, 3.8) is 0 Å². The first-order chi connectivity index (χ1) is 19.9. The number of fused-ring (bicyclic) bond motifs is 1. The second-order valence-corrected chi connectivity index (χ2v) is 11.7. The molecule has 5 heterocycles. The minimum atomic E-state index is -0.274. The third-order valence-electron chi connectivity index (χ3n) is 7.39. The highest BCUT2D eigenvalue weighted by Crippen LogP contribution is 2.34. The fourth-order valence-corrected chi connectivity index (χ4v) is 6.38. The minimum absolute atomic E-state index is 0.131. The second-order valence-electron chi connectivity index (χ2n) is 10.7. The van der Waals surface area contributed by atoms with Crippen LogP contribution in [-0.2, 0) is 16.0 Å². The van der Waals surface area contributed by atoms with Gasteiger partial charge in [0.15, 0.2) is 0 Å². The van der Waals surface area contributed by atoms with Gasteiger partial charge in [0, 0.05) is 48.4 Å². The fraction of sp³-hybridized carbons (Fsp3) is 0.448. The van der Waals surface area contributed by atoms with E-state index in [2.05, 4.69) is 34.0 Å². The molecule has 2 aliphatic rings. The highest BCUT2D eigenvalue weighted by atomic mass is 32.1. The Hall–Kier alpha value is -3.58. The molecular formula is C29H35N7O4S. The van der Waals surface area contributed by atoms with Crippen molar-refractivity contribution in [3.05, 3.63) is 46.7 Å². The molecule has 2 fully saturated rings. The smallest absolute Gasteiger partial charge is 0.275 e. The molecule has 41 heavy (non-hydrogen) atoms. The Morgan fingerprint density at radius 2 is 2.02 bits per heavy atom. The molecule has 216 valence electrons. The largest absolute Gasteiger partial charge is 0.480 e. The van der Waals surface area contributed by atoms with Gasteiger partial charge in [-0.3, -0.25) is 9.69 Å². The molecule has 0 aliphatic carbocycles. The number of pyridine rings is 1. The van der Waals surface area contributed by atoms with Crippen LogP contribution in [0.4, 0.5) is 11.4 Å². The predicted molar refractivity (Wildman–Crippen MR) is 158 cm³/mol. The molecule has 0 spiro atoms. The molecule has 3 N–H and O–H groups in total. The topological polar surface area (TPSA) is 130 Å². The van der Waals surface area contributed by atoms with Gasteiger partial charge in [-0.2, -0.15) is 5.10 Å². The zero-order valence-electron chi connectivity index (χ0n) is 23.5. The summed E-state index contributed by atoms with van der Waals surface area (Å²) in [6.45, 7) is 7.25. The summed E-state index contributed by atoms with van der Waals surface area (Å²) in [5.74, 6) is 0.0890. The molecule has 6 rings (SSSR count). The number of nitrogens with one attached hydrogen (secondary N) is 1. The Morgan fingerprint density at radius 3 is 2.76 bits per heavy atom. The van der Waals surface area contributed by atoms with Gasteiger partial charge in [0.25, 0.3) is 5.91 Å². The van der Waals surface area contributed by atoms with Crippen molar-refractivity contribution < 1.29 is 19.0 Å². The predicted octanol–water partition coefficient (Wildman–Crippen LogP) is 4.71. The molecular weight excluding hydrogens is 542 g/mol. The average molecular weight is 578 g/mol. The molecule has 0 saturated carbocycles. The number of nitrogens with two attached hydrogens (primary N) is 1. The summed E-state index contributed by atoms with van der Waals surface area (Å²) in [5.41, 5.74) is 9.93. The molecule has 0 bridgehead atoms. The monoisotopic (exact) mass is 577 g/mol. The maximum atomic E-state index is 13.5. The summed E-state index contributed by atoms with van der Waals surface area (Å²) in [4.78, 5) is 24.8. The number of carbonyl (C=O) groups is 1. The summed E-state index contributed by atoms with van der Waals surface area (Å²) >= 11 is 1.49. The molecule has 2 aliphatic heterocycles. The van der Waals surface area contributed by atoms with E-state index in [1.165, 1.54) is 18.4 Å². The van der Waals surface area contributed by atoms with Crippen molar-refractivity contribution in [1.82, 2.24) is 24.6 Å². The van der Waals surface area contributed by atoms with Crippen molar-refractivity contribution in [2.75, 3.05) is 37.9 Å². The number of aromatic nitrogens is 4. The van der Waals surface area contributed by atoms with E-state index in [0.29, 0.717) is 36.1 Å². The van der Waals surface area contributed by atoms with Crippen LogP contribution >= 0.6 is 11.3 Å². The number of nitrogen functional groups attached to an aromatic ring is 1. The van der Waals surface area contributed by atoms with E-state index in [0.717, 1.165) is 59.4 Å². The number of morpholine rings is 1. The number of hydrogen-bond donors (Lipinski definition) is 2. The fourth-order valence-electron chi connectivity index (χ4n) is 5.57. The van der Waals surface area contributed by atoms with Crippen molar-refractivity contribution in [1.29, 1.82) is 0 Å². The number of amides is 1. The molecule has 1 unspecified atom stereocenters. The first kappa shape index (κ1) is 27.6. The molecule has 2 saturated heterocycles. The van der Waals surface area contributed by atoms with E-state index >= 15 is 0 Å². The number of rotatable bonds is 7. The number of ether oxygens (including phenoxy) is 3. The van der Waals surface area contributed by atoms with Gasteiger partial charge < -0.3 is 25.3 Å². The van der Waals surface area contributed by atoms with Crippen molar-refractivity contribution in [2.24, 2.45) is 0 Å². The van der Waals surface area contributed by atoms with Gasteiger partial charge in [-0.15, -0.1) is 11.3 Å². The summed E-state index contributed by atoms with van der Waals surface area (Å²) in [7, 11) is 1.53. The highest BCUT2D eigenvalue weighted by molar-refractivity contribution is 7.09. The van der Waals surface area contributed by atoms with E-state index in [9.17, 15) is 4.79 Å². The number of anilines is 2. The number of methoxy groups -OCH3 is 1. The van der Waals surface area contributed by atoms with Gasteiger partial charge in [0.1, 0.15) is 16.9 Å². The molecule has 1 amide bonds. The lowest BCUT2D eigenvalue weighted by molar-refractivity contribution is -0.0705. The first-order valence-electron chi connectivity index (χ1n) is 13.9. The summed E-state index contributed by atoms with van der Waals surface area (Å²) in [6, 6.07) is 5.69. The number of benzene rings is 1. The number of carbonyl (C=O) groups excluding carboxylic acids is 1. The summed E-state index contributed by atoms with van der Waals surface area (Å²) in [5, 5.41) is 11.5. The number of thiazole rings is 1. The lowest BCUT2D eigenvalue weighted by atomic mass is 10.0. The van der Waals surface area contributed by atoms with E-state index in [1.54, 1.807) is 12.3 Å². The lowest BCUT2D eigenvalue weighted by Crippen LogP contribution is -2.44. The van der Waals surface area contributed by atoms with Crippen LogP contribution in [0.1, 0.15) is 54.8 Å². The van der Waals surface area contributed by atoms with E-state index < -0.39 is 0 Å².